The lowest BCUT2D eigenvalue weighted by Crippen LogP contribution is -2.09. The van der Waals surface area contributed by atoms with Crippen LogP contribution in [0.5, 0.6) is 0 Å². The van der Waals surface area contributed by atoms with Crippen molar-refractivity contribution >= 4 is 11.5 Å². The molecule has 6 nitrogen and oxygen atoms in total. The van der Waals surface area contributed by atoms with Crippen LogP contribution in [0.25, 0.3) is 5.65 Å². The van der Waals surface area contributed by atoms with E-state index in [-0.39, 0.29) is 0 Å². The molecule has 0 aromatic carbocycles. The number of anilines is 1. The molecule has 0 atom stereocenters. The maximum atomic E-state index is 4.24. The largest absolute Gasteiger partial charge is 0.282 e. The van der Waals surface area contributed by atoms with Crippen molar-refractivity contribution in [1.29, 1.82) is 0 Å². The molecule has 3 heterocycles. The first-order chi connectivity index (χ1) is 7.84. The van der Waals surface area contributed by atoms with E-state index in [0.717, 1.165) is 5.82 Å². The van der Waals surface area contributed by atoms with Crippen LogP contribution in [0.3, 0.4) is 0 Å². The number of nitrogens with zero attached hydrogens (tertiary/aromatic N) is 5. The smallest absolute Gasteiger partial charge is 0.205 e. The Morgan fingerprint density at radius 2 is 1.94 bits per heavy atom. The van der Waals surface area contributed by atoms with Crippen molar-refractivity contribution in [3.8, 4) is 0 Å². The molecular formula is C10H10N6. The molecule has 0 bridgehead atoms. The number of rotatable bonds is 2. The van der Waals surface area contributed by atoms with Crippen molar-refractivity contribution in [1.82, 2.24) is 24.3 Å². The van der Waals surface area contributed by atoms with Gasteiger partial charge in [0.1, 0.15) is 5.82 Å². The van der Waals surface area contributed by atoms with Crippen LogP contribution >= 0.6 is 0 Å². The molecule has 3 aromatic rings. The summed E-state index contributed by atoms with van der Waals surface area (Å²) in [5.74, 6) is 1.52. The van der Waals surface area contributed by atoms with E-state index < -0.39 is 0 Å². The monoisotopic (exact) mass is 214 g/mol. The van der Waals surface area contributed by atoms with Gasteiger partial charge >= 0.3 is 0 Å². The van der Waals surface area contributed by atoms with Crippen LogP contribution < -0.4 is 5.43 Å². The number of nitrogens with one attached hydrogen (secondary N) is 1. The zero-order valence-electron chi connectivity index (χ0n) is 8.70. The minimum Gasteiger partial charge on any atom is -0.282 e. The van der Waals surface area contributed by atoms with E-state index >= 15 is 0 Å². The van der Waals surface area contributed by atoms with Crippen LogP contribution in [0, 0.1) is 6.92 Å². The predicted molar refractivity (Wildman–Crippen MR) is 59.0 cm³/mol. The van der Waals surface area contributed by atoms with Gasteiger partial charge in [-0.3, -0.25) is 14.5 Å². The first-order valence-corrected chi connectivity index (χ1v) is 4.91. The zero-order valence-corrected chi connectivity index (χ0v) is 8.70. The molecular weight excluding hydrogens is 204 g/mol. The molecule has 0 aliphatic rings. The molecule has 16 heavy (non-hydrogen) atoms. The molecule has 0 spiro atoms. The molecule has 80 valence electrons. The summed E-state index contributed by atoms with van der Waals surface area (Å²) >= 11 is 0. The Balaban J connectivity index is 2.10. The van der Waals surface area contributed by atoms with Gasteiger partial charge in [0.05, 0.1) is 0 Å². The Bertz CT molecular complexity index is 609. The summed E-state index contributed by atoms with van der Waals surface area (Å²) in [5, 5.41) is 8.08. The van der Waals surface area contributed by atoms with Gasteiger partial charge in [-0.05, 0) is 19.1 Å². The minimum atomic E-state index is 0.680. The molecule has 6 heteroatoms. The molecule has 0 fully saturated rings. The Hall–Kier alpha value is -2.37. The number of hydrogen-bond acceptors (Lipinski definition) is 4. The standard InChI is InChI=1S/C10H10N6/c1-8-12-13-10-9(11-4-7-16(8)10)14-15-5-2-3-6-15/h2-7H,1H3,(H,11,14). The number of aromatic nitrogens is 5. The van der Waals surface area contributed by atoms with Gasteiger partial charge in [0.15, 0.2) is 5.82 Å². The van der Waals surface area contributed by atoms with Gasteiger partial charge < -0.3 is 0 Å². The summed E-state index contributed by atoms with van der Waals surface area (Å²) in [4.78, 5) is 4.24. The van der Waals surface area contributed by atoms with Crippen molar-refractivity contribution in [3.63, 3.8) is 0 Å². The van der Waals surface area contributed by atoms with Gasteiger partial charge in [0.25, 0.3) is 0 Å². The molecule has 1 N–H and O–H groups in total. The van der Waals surface area contributed by atoms with Gasteiger partial charge in [-0.2, -0.15) is 0 Å². The third-order valence-electron chi connectivity index (χ3n) is 2.34. The van der Waals surface area contributed by atoms with Gasteiger partial charge in [0.2, 0.25) is 5.65 Å². The number of fused-ring (bicyclic) bond motifs is 1. The Morgan fingerprint density at radius 3 is 2.75 bits per heavy atom. The molecule has 3 aromatic heterocycles. The Labute approximate surface area is 91.5 Å². The first-order valence-electron chi connectivity index (χ1n) is 4.91. The average molecular weight is 214 g/mol. The Kier molecular flexibility index (Phi) is 1.86. The molecule has 0 saturated carbocycles. The fourth-order valence-electron chi connectivity index (χ4n) is 1.55. The maximum absolute atomic E-state index is 4.24. The topological polar surface area (TPSA) is 60.0 Å². The van der Waals surface area contributed by atoms with E-state index in [9.17, 15) is 0 Å². The van der Waals surface area contributed by atoms with Crippen LogP contribution in [0.15, 0.2) is 36.9 Å². The van der Waals surface area contributed by atoms with Crippen molar-refractivity contribution in [2.24, 2.45) is 0 Å². The highest BCUT2D eigenvalue weighted by molar-refractivity contribution is 5.61. The highest BCUT2D eigenvalue weighted by Crippen LogP contribution is 2.11. The average Bonchev–Trinajstić information content (AvgIpc) is 2.90. The summed E-state index contributed by atoms with van der Waals surface area (Å²) in [5.41, 5.74) is 3.84. The van der Waals surface area contributed by atoms with Crippen LogP contribution in [-0.4, -0.2) is 24.3 Å². The summed E-state index contributed by atoms with van der Waals surface area (Å²) in [6.07, 6.45) is 7.35. The highest BCUT2D eigenvalue weighted by atomic mass is 15.4. The lowest BCUT2D eigenvalue weighted by molar-refractivity contribution is 0.943. The summed E-state index contributed by atoms with van der Waals surface area (Å²) in [6, 6.07) is 3.87. The van der Waals surface area contributed by atoms with Crippen LogP contribution in [-0.2, 0) is 0 Å². The maximum Gasteiger partial charge on any atom is 0.205 e. The molecule has 0 unspecified atom stereocenters. The number of aryl methyl sites for hydroxylation is 1. The predicted octanol–water partition coefficient (Wildman–Crippen LogP) is 1.11. The second-order valence-electron chi connectivity index (χ2n) is 3.42. The summed E-state index contributed by atoms with van der Waals surface area (Å²) < 4.78 is 3.70. The van der Waals surface area contributed by atoms with E-state index in [1.807, 2.05) is 46.7 Å². The van der Waals surface area contributed by atoms with Crippen molar-refractivity contribution in [2.45, 2.75) is 6.92 Å². The summed E-state index contributed by atoms with van der Waals surface area (Å²) in [6.45, 7) is 1.90. The third kappa shape index (κ3) is 1.31. The zero-order chi connectivity index (χ0) is 11.0. The second-order valence-corrected chi connectivity index (χ2v) is 3.42. The molecule has 0 radical (unpaired) electrons. The highest BCUT2D eigenvalue weighted by Gasteiger charge is 2.06. The lowest BCUT2D eigenvalue weighted by atomic mass is 10.6. The van der Waals surface area contributed by atoms with E-state index in [1.165, 1.54) is 0 Å². The van der Waals surface area contributed by atoms with Crippen molar-refractivity contribution in [2.75, 3.05) is 5.43 Å². The Morgan fingerprint density at radius 1 is 1.12 bits per heavy atom. The molecule has 3 rings (SSSR count). The van der Waals surface area contributed by atoms with Crippen LogP contribution in [0.2, 0.25) is 0 Å². The second kappa shape index (κ2) is 3.34. The lowest BCUT2D eigenvalue weighted by Gasteiger charge is -2.06. The summed E-state index contributed by atoms with van der Waals surface area (Å²) in [7, 11) is 0. The first kappa shape index (κ1) is 8.90. The van der Waals surface area contributed by atoms with Gasteiger partial charge in [0, 0.05) is 24.8 Å². The number of hydrogen-bond donors (Lipinski definition) is 1. The van der Waals surface area contributed by atoms with Gasteiger partial charge in [-0.15, -0.1) is 10.2 Å². The third-order valence-corrected chi connectivity index (χ3v) is 2.34. The van der Waals surface area contributed by atoms with E-state index in [1.54, 1.807) is 6.20 Å². The SMILES string of the molecule is Cc1nnc2c(Nn3cccc3)nccn12. The molecule has 0 aliphatic carbocycles. The normalized spacial score (nSPS) is 10.8. The van der Waals surface area contributed by atoms with E-state index in [4.69, 9.17) is 0 Å². The van der Waals surface area contributed by atoms with E-state index in [0.29, 0.717) is 11.5 Å². The fraction of sp³-hybridized carbons (Fsp3) is 0.100. The van der Waals surface area contributed by atoms with Crippen molar-refractivity contribution in [3.05, 3.63) is 42.7 Å². The van der Waals surface area contributed by atoms with Gasteiger partial charge in [-0.1, -0.05) is 0 Å². The van der Waals surface area contributed by atoms with E-state index in [2.05, 4.69) is 20.6 Å². The van der Waals surface area contributed by atoms with Crippen LogP contribution in [0.4, 0.5) is 5.82 Å². The van der Waals surface area contributed by atoms with Gasteiger partial charge in [-0.25, -0.2) is 4.98 Å². The quantitative estimate of drug-likeness (QED) is 0.694. The van der Waals surface area contributed by atoms with Crippen molar-refractivity contribution < 1.29 is 0 Å². The minimum absolute atomic E-state index is 0.680. The molecule has 0 aliphatic heterocycles. The van der Waals surface area contributed by atoms with Crippen LogP contribution in [0.1, 0.15) is 5.82 Å². The fourth-order valence-corrected chi connectivity index (χ4v) is 1.55. The molecule has 0 saturated heterocycles. The molecule has 0 amide bonds.